The Bertz CT molecular complexity index is 2030. The average Bonchev–Trinajstić information content (AvgIpc) is 3.85. The lowest BCUT2D eigenvalue weighted by Gasteiger charge is -2.23. The molecule has 2 atom stereocenters. The molecule has 238 valence electrons. The lowest BCUT2D eigenvalue weighted by molar-refractivity contribution is -0.119. The van der Waals surface area contributed by atoms with Crippen molar-refractivity contribution in [1.29, 1.82) is 0 Å². The Morgan fingerprint density at radius 1 is 0.915 bits per heavy atom. The number of H-pyrrole nitrogens is 1. The molecule has 2 aliphatic rings. The minimum atomic E-state index is -0.922. The van der Waals surface area contributed by atoms with Crippen LogP contribution in [0.3, 0.4) is 0 Å². The van der Waals surface area contributed by atoms with E-state index in [9.17, 15) is 19.2 Å². The van der Waals surface area contributed by atoms with E-state index in [1.807, 2.05) is 60.7 Å². The van der Waals surface area contributed by atoms with Gasteiger partial charge in [-0.2, -0.15) is 5.10 Å². The molecule has 47 heavy (non-hydrogen) atoms. The molecule has 1 saturated heterocycles. The zero-order valence-corrected chi connectivity index (χ0v) is 26.0. The van der Waals surface area contributed by atoms with Crippen LogP contribution in [0.15, 0.2) is 113 Å². The van der Waals surface area contributed by atoms with Gasteiger partial charge in [0.25, 0.3) is 11.1 Å². The molecule has 4 heterocycles. The smallest absolute Gasteiger partial charge is 0.325 e. The normalized spacial score (nSPS) is 17.3. The number of nitrogens with zero attached hydrogens (tertiary/aromatic N) is 5. The van der Waals surface area contributed by atoms with Gasteiger partial charge in [-0.25, -0.2) is 4.79 Å². The van der Waals surface area contributed by atoms with E-state index in [2.05, 4.69) is 21.2 Å². The highest BCUT2D eigenvalue weighted by molar-refractivity contribution is 6.04. The number of anilines is 2. The molecule has 1 saturated carbocycles. The van der Waals surface area contributed by atoms with Crippen LogP contribution < -0.4 is 21.3 Å². The third-order valence-electron chi connectivity index (χ3n) is 9.17. The molecule has 1 aliphatic heterocycles. The van der Waals surface area contributed by atoms with Crippen molar-refractivity contribution in [3.05, 3.63) is 135 Å². The first-order valence-corrected chi connectivity index (χ1v) is 15.8. The monoisotopic (exact) mass is 629 g/mol. The molecular weight excluding hydrogens is 594 g/mol. The lowest BCUT2D eigenvalue weighted by atomic mass is 9.96. The molecule has 5 aromatic rings. The van der Waals surface area contributed by atoms with Crippen molar-refractivity contribution in [1.82, 2.24) is 24.2 Å². The molecule has 0 bridgehead atoms. The van der Waals surface area contributed by atoms with Crippen LogP contribution in [0.4, 0.5) is 16.2 Å². The first-order valence-electron chi connectivity index (χ1n) is 15.8. The molecule has 2 fully saturated rings. The van der Waals surface area contributed by atoms with Gasteiger partial charge in [0.1, 0.15) is 17.4 Å². The largest absolute Gasteiger partial charge is 0.327 e. The minimum Gasteiger partial charge on any atom is -0.327 e. The van der Waals surface area contributed by atoms with Gasteiger partial charge in [-0.05, 0) is 42.7 Å². The highest BCUT2D eigenvalue weighted by atomic mass is 16.2. The summed E-state index contributed by atoms with van der Waals surface area (Å²) < 4.78 is 3.72. The fourth-order valence-electron chi connectivity index (χ4n) is 6.71. The number of pyridine rings is 2. The second kappa shape index (κ2) is 12.6. The highest BCUT2D eigenvalue weighted by Crippen LogP contribution is 2.37. The molecule has 0 spiro atoms. The number of aromatic amines is 1. The molecule has 3 amide bonds. The van der Waals surface area contributed by atoms with Crippen LogP contribution in [0.5, 0.6) is 0 Å². The number of amides is 3. The second-order valence-corrected chi connectivity index (χ2v) is 12.1. The second-order valence-electron chi connectivity index (χ2n) is 12.1. The molecule has 0 radical (unpaired) electrons. The molecule has 11 nitrogen and oxygen atoms in total. The van der Waals surface area contributed by atoms with Crippen molar-refractivity contribution < 1.29 is 9.59 Å². The molecule has 1 aliphatic carbocycles. The summed E-state index contributed by atoms with van der Waals surface area (Å²) in [5, 5.41) is 7.73. The third kappa shape index (κ3) is 5.65. The van der Waals surface area contributed by atoms with Gasteiger partial charge in [0.15, 0.2) is 0 Å². The molecular formula is C36H35N7O4. The standard InChI is InChI=1S/C36H35N7O4/c1-40-30(34(45)38-28-18-10-20-37-33(28)44)23-42(36(40)47)29-19-11-21-41(35(29)46)32(25-14-6-3-7-15-25)27-22-43(26-16-8-9-17-26)39-31(27)24-12-4-2-5-13-24/h2-7,10-15,18-22,26,30,32H,8-9,16-17,23H2,1H3,(H,37,44)(H,38,45)/t30-,32+/m1/s1. The van der Waals surface area contributed by atoms with E-state index in [-0.39, 0.29) is 29.5 Å². The molecule has 2 N–H and O–H groups in total. The van der Waals surface area contributed by atoms with Gasteiger partial charge in [-0.3, -0.25) is 24.0 Å². The van der Waals surface area contributed by atoms with Gasteiger partial charge in [0.2, 0.25) is 5.91 Å². The maximum absolute atomic E-state index is 14.5. The van der Waals surface area contributed by atoms with Crippen LogP contribution in [0.2, 0.25) is 0 Å². The maximum Gasteiger partial charge on any atom is 0.325 e. The number of aromatic nitrogens is 4. The summed E-state index contributed by atoms with van der Waals surface area (Å²) in [5.41, 5.74) is 2.93. The Morgan fingerprint density at radius 2 is 1.64 bits per heavy atom. The number of urea groups is 1. The zero-order valence-electron chi connectivity index (χ0n) is 26.0. The number of benzene rings is 2. The lowest BCUT2D eigenvalue weighted by Crippen LogP contribution is -2.40. The number of carbonyl (C=O) groups excluding carboxylic acids is 2. The predicted octanol–water partition coefficient (Wildman–Crippen LogP) is 5.03. The van der Waals surface area contributed by atoms with E-state index in [4.69, 9.17) is 5.10 Å². The Morgan fingerprint density at radius 3 is 2.36 bits per heavy atom. The fourth-order valence-corrected chi connectivity index (χ4v) is 6.71. The molecule has 2 aromatic carbocycles. The van der Waals surface area contributed by atoms with Crippen molar-refractivity contribution in [2.45, 2.75) is 43.8 Å². The topological polar surface area (TPSA) is 125 Å². The summed E-state index contributed by atoms with van der Waals surface area (Å²) in [6.45, 7) is -0.0595. The van der Waals surface area contributed by atoms with Crippen LogP contribution >= 0.6 is 0 Å². The van der Waals surface area contributed by atoms with E-state index in [1.54, 1.807) is 29.0 Å². The Hall–Kier alpha value is -5.71. The quantitative estimate of drug-likeness (QED) is 0.249. The Labute approximate surface area is 271 Å². The summed E-state index contributed by atoms with van der Waals surface area (Å²) in [7, 11) is 1.51. The van der Waals surface area contributed by atoms with Crippen LogP contribution in [0.1, 0.15) is 48.9 Å². The van der Waals surface area contributed by atoms with Crippen molar-refractivity contribution in [2.75, 3.05) is 23.8 Å². The number of hydrogen-bond donors (Lipinski definition) is 2. The summed E-state index contributed by atoms with van der Waals surface area (Å²) in [5.74, 6) is -0.523. The van der Waals surface area contributed by atoms with Crippen molar-refractivity contribution in [2.24, 2.45) is 0 Å². The first-order chi connectivity index (χ1) is 22.9. The summed E-state index contributed by atoms with van der Waals surface area (Å²) in [6.07, 6.45) is 9.71. The van der Waals surface area contributed by atoms with E-state index < -0.39 is 29.6 Å². The summed E-state index contributed by atoms with van der Waals surface area (Å²) in [6, 6.07) is 24.6. The molecule has 0 unspecified atom stereocenters. The fraction of sp³-hybridized carbons (Fsp3) is 0.250. The number of rotatable bonds is 8. The number of carbonyl (C=O) groups is 2. The Kier molecular flexibility index (Phi) is 8.03. The maximum atomic E-state index is 14.5. The minimum absolute atomic E-state index is 0.0595. The average molecular weight is 630 g/mol. The third-order valence-corrected chi connectivity index (χ3v) is 9.17. The van der Waals surface area contributed by atoms with Gasteiger partial charge >= 0.3 is 6.03 Å². The van der Waals surface area contributed by atoms with Crippen LogP contribution in [-0.4, -0.2) is 55.8 Å². The van der Waals surface area contributed by atoms with Gasteiger partial charge in [-0.15, -0.1) is 0 Å². The number of nitrogens with one attached hydrogen (secondary N) is 2. The number of hydrogen-bond acceptors (Lipinski definition) is 5. The first kappa shape index (κ1) is 30.0. The van der Waals surface area contributed by atoms with E-state index in [0.29, 0.717) is 0 Å². The van der Waals surface area contributed by atoms with Gasteiger partial charge in [0, 0.05) is 36.8 Å². The summed E-state index contributed by atoms with van der Waals surface area (Å²) >= 11 is 0. The van der Waals surface area contributed by atoms with Gasteiger partial charge in [0.05, 0.1) is 24.3 Å². The predicted molar refractivity (Wildman–Crippen MR) is 180 cm³/mol. The van der Waals surface area contributed by atoms with E-state index >= 15 is 0 Å². The number of likely N-dealkylation sites (N-methyl/N-ethyl adjacent to an activating group) is 1. The van der Waals surface area contributed by atoms with Crippen molar-refractivity contribution >= 4 is 23.3 Å². The van der Waals surface area contributed by atoms with Gasteiger partial charge < -0.3 is 19.8 Å². The summed E-state index contributed by atoms with van der Waals surface area (Å²) in [4.78, 5) is 58.6. The van der Waals surface area contributed by atoms with Crippen LogP contribution in [0.25, 0.3) is 11.3 Å². The molecule has 7 rings (SSSR count). The Balaban J connectivity index is 1.30. The highest BCUT2D eigenvalue weighted by Gasteiger charge is 2.41. The van der Waals surface area contributed by atoms with E-state index in [0.717, 1.165) is 48.1 Å². The zero-order chi connectivity index (χ0) is 32.5. The van der Waals surface area contributed by atoms with Crippen molar-refractivity contribution in [3.8, 4) is 11.3 Å². The van der Waals surface area contributed by atoms with Crippen LogP contribution in [-0.2, 0) is 4.79 Å². The van der Waals surface area contributed by atoms with E-state index in [1.165, 1.54) is 29.1 Å². The van der Waals surface area contributed by atoms with Crippen molar-refractivity contribution in [3.63, 3.8) is 0 Å². The SMILES string of the molecule is CN1C(=O)N(c2cccn([C@@H](c3ccccc3)c3cn(C4CCCC4)nc3-c3ccccc3)c2=O)C[C@@H]1C(=O)Nc1ccc[nH]c1=O. The molecule has 11 heteroatoms. The molecule has 3 aromatic heterocycles. The van der Waals surface area contributed by atoms with Crippen LogP contribution in [0, 0.1) is 0 Å². The van der Waals surface area contributed by atoms with Gasteiger partial charge in [-0.1, -0.05) is 73.5 Å².